The van der Waals surface area contributed by atoms with E-state index in [-0.39, 0.29) is 23.3 Å². The molecule has 20 heavy (non-hydrogen) atoms. The van der Waals surface area contributed by atoms with E-state index in [4.69, 9.17) is 5.14 Å². The van der Waals surface area contributed by atoms with E-state index in [0.717, 1.165) is 5.69 Å². The van der Waals surface area contributed by atoms with Crippen LogP contribution >= 0.6 is 0 Å². The van der Waals surface area contributed by atoms with Gasteiger partial charge in [-0.15, -0.1) is 0 Å². The molecule has 0 heterocycles. The van der Waals surface area contributed by atoms with Crippen molar-refractivity contribution in [2.45, 2.75) is 25.6 Å². The Morgan fingerprint density at radius 2 is 1.70 bits per heavy atom. The van der Waals surface area contributed by atoms with Crippen molar-refractivity contribution in [3.8, 4) is 0 Å². The number of sulfonamides is 1. The van der Waals surface area contributed by atoms with Gasteiger partial charge in [0.2, 0.25) is 10.0 Å². The Morgan fingerprint density at radius 3 is 2.15 bits per heavy atom. The Hall–Kier alpha value is -1.12. The van der Waals surface area contributed by atoms with E-state index >= 15 is 0 Å². The van der Waals surface area contributed by atoms with Gasteiger partial charge in [0.15, 0.2) is 9.84 Å². The van der Waals surface area contributed by atoms with Crippen LogP contribution in [0.2, 0.25) is 0 Å². The smallest absolute Gasteiger partial charge is 0.213 e. The second-order valence-electron chi connectivity index (χ2n) is 4.75. The van der Waals surface area contributed by atoms with Gasteiger partial charge in [0.1, 0.15) is 0 Å². The molecular weight excluding hydrogens is 300 g/mol. The van der Waals surface area contributed by atoms with Crippen LogP contribution in [0.5, 0.6) is 0 Å². The van der Waals surface area contributed by atoms with E-state index in [1.165, 1.54) is 0 Å². The highest BCUT2D eigenvalue weighted by Gasteiger charge is 2.13. The van der Waals surface area contributed by atoms with Gasteiger partial charge in [-0.1, -0.05) is 19.1 Å². The Morgan fingerprint density at radius 1 is 1.15 bits per heavy atom. The molecule has 1 unspecified atom stereocenters. The fourth-order valence-corrected chi connectivity index (χ4v) is 3.49. The molecule has 0 aliphatic heterocycles. The molecular formula is C12H20N2O4S2. The van der Waals surface area contributed by atoms with Crippen LogP contribution in [0.1, 0.15) is 19.4 Å². The molecule has 8 heteroatoms. The summed E-state index contributed by atoms with van der Waals surface area (Å²) in [6.07, 6.45) is 0. The molecule has 0 aliphatic carbocycles. The van der Waals surface area contributed by atoms with Gasteiger partial charge in [-0.05, 0) is 24.6 Å². The first-order valence-corrected chi connectivity index (χ1v) is 9.71. The summed E-state index contributed by atoms with van der Waals surface area (Å²) in [5, 5.41) is 8.02. The normalized spacial score (nSPS) is 13.9. The summed E-state index contributed by atoms with van der Waals surface area (Å²) in [5.41, 5.74) is 1.33. The summed E-state index contributed by atoms with van der Waals surface area (Å²) in [7, 11) is -6.57. The number of nitrogens with two attached hydrogens (primary N) is 1. The molecule has 6 nitrogen and oxygen atoms in total. The van der Waals surface area contributed by atoms with Crippen molar-refractivity contribution in [1.29, 1.82) is 0 Å². The molecule has 114 valence electrons. The maximum absolute atomic E-state index is 11.5. The summed E-state index contributed by atoms with van der Waals surface area (Å²) in [6.45, 7) is 3.40. The number of primary sulfonamides is 1. The Labute approximate surface area is 120 Å². The van der Waals surface area contributed by atoms with Gasteiger partial charge >= 0.3 is 0 Å². The maximum Gasteiger partial charge on any atom is 0.213 e. The van der Waals surface area contributed by atoms with Crippen molar-refractivity contribution in [3.63, 3.8) is 0 Å². The van der Waals surface area contributed by atoms with Crippen molar-refractivity contribution in [2.24, 2.45) is 5.14 Å². The Kier molecular flexibility index (Phi) is 5.55. The van der Waals surface area contributed by atoms with Crippen molar-refractivity contribution >= 4 is 25.5 Å². The molecule has 1 aromatic rings. The van der Waals surface area contributed by atoms with Gasteiger partial charge < -0.3 is 5.32 Å². The SMILES string of the molecule is CCS(=O)(=O)CC(C)Nc1ccc(CS(N)(=O)=O)cc1. The van der Waals surface area contributed by atoms with E-state index in [0.29, 0.717) is 5.56 Å². The summed E-state index contributed by atoms with van der Waals surface area (Å²) in [5.74, 6) is -0.0399. The van der Waals surface area contributed by atoms with Gasteiger partial charge in [-0.25, -0.2) is 22.0 Å². The highest BCUT2D eigenvalue weighted by atomic mass is 32.2. The molecule has 0 fully saturated rings. The number of nitrogens with one attached hydrogen (secondary N) is 1. The molecule has 1 aromatic carbocycles. The molecule has 3 N–H and O–H groups in total. The number of sulfone groups is 1. The topological polar surface area (TPSA) is 106 Å². The first-order chi connectivity index (χ1) is 9.11. The lowest BCUT2D eigenvalue weighted by atomic mass is 10.2. The van der Waals surface area contributed by atoms with Gasteiger partial charge in [-0.2, -0.15) is 0 Å². The zero-order valence-electron chi connectivity index (χ0n) is 11.5. The van der Waals surface area contributed by atoms with E-state index in [1.54, 1.807) is 38.1 Å². The lowest BCUT2D eigenvalue weighted by molar-refractivity contribution is 0.592. The lowest BCUT2D eigenvalue weighted by Crippen LogP contribution is -2.26. The Balaban J connectivity index is 2.66. The zero-order chi connectivity index (χ0) is 15.4. The number of rotatable bonds is 7. The minimum Gasteiger partial charge on any atom is -0.382 e. The van der Waals surface area contributed by atoms with Crippen LogP contribution in [0.25, 0.3) is 0 Å². The number of anilines is 1. The van der Waals surface area contributed by atoms with Gasteiger partial charge in [0.05, 0.1) is 11.5 Å². The van der Waals surface area contributed by atoms with Crippen LogP contribution < -0.4 is 10.5 Å². The van der Waals surface area contributed by atoms with Crippen molar-refractivity contribution in [3.05, 3.63) is 29.8 Å². The average molecular weight is 320 g/mol. The molecule has 0 radical (unpaired) electrons. The van der Waals surface area contributed by atoms with Crippen LogP contribution in [0.3, 0.4) is 0 Å². The number of hydrogen-bond donors (Lipinski definition) is 2. The predicted octanol–water partition coefficient (Wildman–Crippen LogP) is 0.710. The van der Waals surface area contributed by atoms with E-state index in [2.05, 4.69) is 5.32 Å². The van der Waals surface area contributed by atoms with Gasteiger partial charge in [0, 0.05) is 17.5 Å². The van der Waals surface area contributed by atoms with E-state index in [1.807, 2.05) is 0 Å². The first-order valence-electron chi connectivity index (χ1n) is 6.17. The second kappa shape index (κ2) is 6.55. The molecule has 0 saturated heterocycles. The maximum atomic E-state index is 11.5. The van der Waals surface area contributed by atoms with Crippen LogP contribution in [0.15, 0.2) is 24.3 Å². The minimum atomic E-state index is -3.54. The number of hydrogen-bond acceptors (Lipinski definition) is 5. The zero-order valence-corrected chi connectivity index (χ0v) is 13.2. The molecule has 0 aromatic heterocycles. The van der Waals surface area contributed by atoms with E-state index < -0.39 is 19.9 Å². The van der Waals surface area contributed by atoms with Crippen molar-refractivity contribution in [2.75, 3.05) is 16.8 Å². The van der Waals surface area contributed by atoms with Crippen LogP contribution in [0, 0.1) is 0 Å². The standard InChI is InChI=1S/C12H20N2O4S2/c1-3-19(15,16)8-10(2)14-12-6-4-11(5-7-12)9-20(13,17)18/h4-7,10,14H,3,8-9H2,1-2H3,(H2,13,17,18). The summed E-state index contributed by atoms with van der Waals surface area (Å²) >= 11 is 0. The molecule has 0 bridgehead atoms. The van der Waals surface area contributed by atoms with Crippen molar-refractivity contribution < 1.29 is 16.8 Å². The predicted molar refractivity (Wildman–Crippen MR) is 80.7 cm³/mol. The molecule has 0 saturated carbocycles. The quantitative estimate of drug-likeness (QED) is 0.769. The van der Waals surface area contributed by atoms with Crippen molar-refractivity contribution in [1.82, 2.24) is 0 Å². The van der Waals surface area contributed by atoms with Crippen LogP contribution in [-0.4, -0.2) is 34.4 Å². The summed E-state index contributed by atoms with van der Waals surface area (Å²) in [6, 6.07) is 6.48. The third-order valence-corrected chi connectivity index (χ3v) is 5.30. The van der Waals surface area contributed by atoms with Crippen LogP contribution in [-0.2, 0) is 25.6 Å². The third-order valence-electron chi connectivity index (χ3n) is 2.68. The molecule has 1 rings (SSSR count). The monoisotopic (exact) mass is 320 g/mol. The van der Waals surface area contributed by atoms with Gasteiger partial charge in [-0.3, -0.25) is 0 Å². The number of benzene rings is 1. The highest BCUT2D eigenvalue weighted by molar-refractivity contribution is 7.91. The Bertz CT molecular complexity index is 637. The third kappa shape index (κ3) is 6.36. The average Bonchev–Trinajstić information content (AvgIpc) is 2.29. The highest BCUT2D eigenvalue weighted by Crippen LogP contribution is 2.13. The molecule has 0 amide bonds. The molecule has 0 aliphatic rings. The molecule has 0 spiro atoms. The fraction of sp³-hybridized carbons (Fsp3) is 0.500. The van der Waals surface area contributed by atoms with Gasteiger partial charge in [0.25, 0.3) is 0 Å². The second-order valence-corrected chi connectivity index (χ2v) is 8.76. The van der Waals surface area contributed by atoms with E-state index in [9.17, 15) is 16.8 Å². The minimum absolute atomic E-state index is 0.0580. The first kappa shape index (κ1) is 16.9. The summed E-state index contributed by atoms with van der Waals surface area (Å²) in [4.78, 5) is 0. The summed E-state index contributed by atoms with van der Waals surface area (Å²) < 4.78 is 44.9. The largest absolute Gasteiger partial charge is 0.382 e. The lowest BCUT2D eigenvalue weighted by Gasteiger charge is -2.15. The van der Waals surface area contributed by atoms with Crippen LogP contribution in [0.4, 0.5) is 5.69 Å². The molecule has 1 atom stereocenters. The fourth-order valence-electron chi connectivity index (χ4n) is 1.75.